The highest BCUT2D eigenvalue weighted by molar-refractivity contribution is 6.30. The molecule has 3 nitrogen and oxygen atoms in total. The van der Waals surface area contributed by atoms with Gasteiger partial charge < -0.3 is 5.32 Å². The number of hydrogen-bond acceptors (Lipinski definition) is 3. The van der Waals surface area contributed by atoms with E-state index in [0.717, 1.165) is 30.9 Å². The van der Waals surface area contributed by atoms with Crippen LogP contribution in [-0.4, -0.2) is 17.6 Å². The van der Waals surface area contributed by atoms with Gasteiger partial charge >= 0.3 is 0 Å². The smallest absolute Gasteiger partial charge is 0.146 e. The first-order chi connectivity index (χ1) is 8.28. The van der Waals surface area contributed by atoms with Crippen LogP contribution in [0.5, 0.6) is 0 Å². The number of hydrogen-bond donors (Lipinski definition) is 1. The van der Waals surface area contributed by atoms with Crippen molar-refractivity contribution in [2.24, 2.45) is 5.92 Å². The molecule has 1 aliphatic carbocycles. The number of nitrogens with zero attached hydrogens (tertiary/aromatic N) is 2. The van der Waals surface area contributed by atoms with Crippen molar-refractivity contribution in [1.29, 1.82) is 5.26 Å². The SMILES string of the molecule is N#Cc1cc(C2=CC[C@H]3CN[C@H]3C2)cnc1Cl. The molecule has 0 amide bonds. The third-order valence-corrected chi connectivity index (χ3v) is 3.95. The van der Waals surface area contributed by atoms with Crippen LogP contribution in [0, 0.1) is 17.2 Å². The molecule has 3 rings (SSSR count). The summed E-state index contributed by atoms with van der Waals surface area (Å²) in [6.45, 7) is 1.14. The maximum Gasteiger partial charge on any atom is 0.146 e. The summed E-state index contributed by atoms with van der Waals surface area (Å²) in [4.78, 5) is 4.07. The van der Waals surface area contributed by atoms with Crippen molar-refractivity contribution < 1.29 is 0 Å². The molecule has 1 saturated heterocycles. The summed E-state index contributed by atoms with van der Waals surface area (Å²) in [7, 11) is 0. The highest BCUT2D eigenvalue weighted by atomic mass is 35.5. The highest BCUT2D eigenvalue weighted by Crippen LogP contribution is 2.34. The predicted molar refractivity (Wildman–Crippen MR) is 66.5 cm³/mol. The lowest BCUT2D eigenvalue weighted by Gasteiger charge is -2.41. The Bertz CT molecular complexity index is 530. The molecule has 1 aliphatic heterocycles. The molecular weight excluding hydrogens is 234 g/mol. The molecule has 0 spiro atoms. The van der Waals surface area contributed by atoms with Crippen LogP contribution in [0.15, 0.2) is 18.3 Å². The van der Waals surface area contributed by atoms with Crippen molar-refractivity contribution >= 4 is 17.2 Å². The van der Waals surface area contributed by atoms with Crippen molar-refractivity contribution in [2.45, 2.75) is 18.9 Å². The summed E-state index contributed by atoms with van der Waals surface area (Å²) in [6.07, 6.45) is 6.18. The molecule has 2 heterocycles. The predicted octanol–water partition coefficient (Wildman–Crippen LogP) is 2.37. The van der Waals surface area contributed by atoms with Crippen LogP contribution in [0.1, 0.15) is 24.0 Å². The molecule has 2 atom stereocenters. The summed E-state index contributed by atoms with van der Waals surface area (Å²) in [5.41, 5.74) is 2.76. The Morgan fingerprint density at radius 3 is 3.06 bits per heavy atom. The van der Waals surface area contributed by atoms with Crippen molar-refractivity contribution in [3.63, 3.8) is 0 Å². The molecule has 0 saturated carbocycles. The molecule has 0 radical (unpaired) electrons. The maximum absolute atomic E-state index is 8.94. The Morgan fingerprint density at radius 2 is 2.41 bits per heavy atom. The molecule has 1 aromatic heterocycles. The average molecular weight is 246 g/mol. The van der Waals surface area contributed by atoms with Gasteiger partial charge in [0.1, 0.15) is 11.2 Å². The first kappa shape index (κ1) is 10.8. The average Bonchev–Trinajstić information content (AvgIpc) is 2.32. The molecule has 1 fully saturated rings. The van der Waals surface area contributed by atoms with E-state index in [-0.39, 0.29) is 5.15 Å². The van der Waals surface area contributed by atoms with Gasteiger partial charge in [-0.3, -0.25) is 0 Å². The van der Waals surface area contributed by atoms with Gasteiger partial charge in [0, 0.05) is 18.8 Å². The van der Waals surface area contributed by atoms with Crippen LogP contribution in [0.4, 0.5) is 0 Å². The molecule has 0 aromatic carbocycles. The van der Waals surface area contributed by atoms with Crippen LogP contribution >= 0.6 is 11.6 Å². The van der Waals surface area contributed by atoms with Crippen molar-refractivity contribution in [1.82, 2.24) is 10.3 Å². The third kappa shape index (κ3) is 1.84. The van der Waals surface area contributed by atoms with Crippen molar-refractivity contribution in [3.8, 4) is 6.07 Å². The van der Waals surface area contributed by atoms with Crippen LogP contribution in [0.25, 0.3) is 5.57 Å². The zero-order valence-electron chi connectivity index (χ0n) is 9.28. The van der Waals surface area contributed by atoms with E-state index in [4.69, 9.17) is 16.9 Å². The van der Waals surface area contributed by atoms with Crippen LogP contribution in [0.2, 0.25) is 5.15 Å². The molecule has 1 N–H and O–H groups in total. The molecule has 0 bridgehead atoms. The normalized spacial score (nSPS) is 26.5. The molecule has 1 aromatic rings. The second kappa shape index (κ2) is 4.14. The van der Waals surface area contributed by atoms with Gasteiger partial charge in [-0.2, -0.15) is 5.26 Å². The molecule has 17 heavy (non-hydrogen) atoms. The first-order valence-electron chi connectivity index (χ1n) is 5.76. The highest BCUT2D eigenvalue weighted by Gasteiger charge is 2.33. The lowest BCUT2D eigenvalue weighted by Crippen LogP contribution is -2.53. The van der Waals surface area contributed by atoms with Crippen LogP contribution in [-0.2, 0) is 0 Å². The minimum Gasteiger partial charge on any atom is -0.313 e. The topological polar surface area (TPSA) is 48.7 Å². The fourth-order valence-electron chi connectivity index (χ4n) is 2.49. The standard InChI is InChI=1S/C13H12ClN3/c14-13-10(5-15)3-11(7-17-13)8-1-2-9-6-16-12(9)4-8/h1,3,7,9,12,16H,2,4,6H2/t9-,12-/m0/s1. The minimum absolute atomic E-state index is 0.285. The minimum atomic E-state index is 0.285. The van der Waals surface area contributed by atoms with Crippen molar-refractivity contribution in [2.75, 3.05) is 6.54 Å². The van der Waals surface area contributed by atoms with E-state index in [2.05, 4.69) is 22.4 Å². The molecule has 4 heteroatoms. The third-order valence-electron chi connectivity index (χ3n) is 3.65. The van der Waals surface area contributed by atoms with Gasteiger partial charge in [-0.25, -0.2) is 4.98 Å². The Kier molecular flexibility index (Phi) is 2.62. The maximum atomic E-state index is 8.94. The van der Waals surface area contributed by atoms with Gasteiger partial charge in [-0.15, -0.1) is 0 Å². The fraction of sp³-hybridized carbons (Fsp3) is 0.385. The number of aromatic nitrogens is 1. The summed E-state index contributed by atoms with van der Waals surface area (Å²) in [6, 6.07) is 4.51. The van der Waals surface area contributed by atoms with Gasteiger partial charge in [0.25, 0.3) is 0 Å². The Morgan fingerprint density at radius 1 is 1.53 bits per heavy atom. The molecular formula is C13H12ClN3. The first-order valence-corrected chi connectivity index (χ1v) is 6.14. The molecule has 86 valence electrons. The molecule has 2 aliphatic rings. The van der Waals surface area contributed by atoms with E-state index >= 15 is 0 Å². The van der Waals surface area contributed by atoms with E-state index in [1.807, 2.05) is 6.07 Å². The number of pyridine rings is 1. The largest absolute Gasteiger partial charge is 0.313 e. The van der Waals surface area contributed by atoms with Gasteiger partial charge in [-0.1, -0.05) is 17.7 Å². The number of halogens is 1. The van der Waals surface area contributed by atoms with E-state index in [1.165, 1.54) is 5.57 Å². The van der Waals surface area contributed by atoms with Crippen LogP contribution < -0.4 is 5.32 Å². The lowest BCUT2D eigenvalue weighted by atomic mass is 9.78. The molecule has 0 unspecified atom stereocenters. The summed E-state index contributed by atoms with van der Waals surface area (Å²) in [5.74, 6) is 0.800. The quantitative estimate of drug-likeness (QED) is 0.773. The van der Waals surface area contributed by atoms with Crippen molar-refractivity contribution in [3.05, 3.63) is 34.6 Å². The Hall–Kier alpha value is -1.37. The van der Waals surface area contributed by atoms with E-state index < -0.39 is 0 Å². The summed E-state index contributed by atoms with van der Waals surface area (Å²) >= 11 is 5.83. The Balaban J connectivity index is 1.92. The van der Waals surface area contributed by atoms with Gasteiger partial charge in [0.2, 0.25) is 0 Å². The number of rotatable bonds is 1. The monoisotopic (exact) mass is 245 g/mol. The Labute approximate surface area is 105 Å². The van der Waals surface area contributed by atoms with Gasteiger partial charge in [0.15, 0.2) is 0 Å². The van der Waals surface area contributed by atoms with Gasteiger partial charge in [-0.05, 0) is 36.0 Å². The van der Waals surface area contributed by atoms with E-state index in [1.54, 1.807) is 6.20 Å². The van der Waals surface area contributed by atoms with Gasteiger partial charge in [0.05, 0.1) is 5.56 Å². The van der Waals surface area contributed by atoms with Crippen LogP contribution in [0.3, 0.4) is 0 Å². The number of nitriles is 1. The zero-order valence-corrected chi connectivity index (χ0v) is 10.0. The zero-order chi connectivity index (χ0) is 11.8. The summed E-state index contributed by atoms with van der Waals surface area (Å²) in [5, 5.41) is 12.7. The lowest BCUT2D eigenvalue weighted by molar-refractivity contribution is 0.231. The number of fused-ring (bicyclic) bond motifs is 1. The van der Waals surface area contributed by atoms with E-state index in [0.29, 0.717) is 11.6 Å². The number of nitrogens with one attached hydrogen (secondary N) is 1. The fourth-order valence-corrected chi connectivity index (χ4v) is 2.63. The summed E-state index contributed by atoms with van der Waals surface area (Å²) < 4.78 is 0. The van der Waals surface area contributed by atoms with E-state index in [9.17, 15) is 0 Å². The second-order valence-corrected chi connectivity index (χ2v) is 4.98. The second-order valence-electron chi connectivity index (χ2n) is 4.62. The number of allylic oxidation sites excluding steroid dienone is 1.